The SMILES string of the molecule is CC1(C)OB([C@@H]2CCCOC2)OC1(C)C. The van der Waals surface area contributed by atoms with Crippen molar-refractivity contribution in [1.29, 1.82) is 0 Å². The van der Waals surface area contributed by atoms with Gasteiger partial charge in [-0.15, -0.1) is 0 Å². The molecule has 2 rings (SSSR count). The smallest absolute Gasteiger partial charge is 0.403 e. The fourth-order valence-electron chi connectivity index (χ4n) is 2.06. The van der Waals surface area contributed by atoms with Crippen LogP contribution in [0.4, 0.5) is 0 Å². The maximum Gasteiger partial charge on any atom is 0.463 e. The Labute approximate surface area is 92.6 Å². The van der Waals surface area contributed by atoms with Gasteiger partial charge in [-0.3, -0.25) is 0 Å². The van der Waals surface area contributed by atoms with Crippen LogP contribution in [0.15, 0.2) is 0 Å². The van der Waals surface area contributed by atoms with Crippen LogP contribution in [0.5, 0.6) is 0 Å². The van der Waals surface area contributed by atoms with E-state index in [0.717, 1.165) is 26.1 Å². The molecule has 0 unspecified atom stereocenters. The molecule has 2 saturated heterocycles. The Balaban J connectivity index is 2.02. The first kappa shape index (κ1) is 11.4. The van der Waals surface area contributed by atoms with Gasteiger partial charge in [-0.25, -0.2) is 0 Å². The van der Waals surface area contributed by atoms with Crippen molar-refractivity contribution in [3.63, 3.8) is 0 Å². The van der Waals surface area contributed by atoms with Crippen LogP contribution in [-0.4, -0.2) is 31.5 Å². The van der Waals surface area contributed by atoms with Gasteiger partial charge < -0.3 is 14.0 Å². The van der Waals surface area contributed by atoms with Gasteiger partial charge in [0.1, 0.15) is 0 Å². The van der Waals surface area contributed by atoms with Gasteiger partial charge in [0, 0.05) is 19.0 Å². The topological polar surface area (TPSA) is 27.7 Å². The van der Waals surface area contributed by atoms with Crippen molar-refractivity contribution in [3.8, 4) is 0 Å². The van der Waals surface area contributed by atoms with E-state index in [4.69, 9.17) is 14.0 Å². The zero-order valence-corrected chi connectivity index (χ0v) is 10.2. The highest BCUT2D eigenvalue weighted by atomic mass is 16.7. The summed E-state index contributed by atoms with van der Waals surface area (Å²) in [6.45, 7) is 10.0. The van der Waals surface area contributed by atoms with Crippen LogP contribution in [0.3, 0.4) is 0 Å². The second-order valence-corrected chi connectivity index (χ2v) is 5.60. The molecule has 0 saturated carbocycles. The predicted molar refractivity (Wildman–Crippen MR) is 59.9 cm³/mol. The summed E-state index contributed by atoms with van der Waals surface area (Å²) in [6.07, 6.45) is 2.27. The number of rotatable bonds is 1. The molecule has 2 aliphatic heterocycles. The van der Waals surface area contributed by atoms with Crippen LogP contribution < -0.4 is 0 Å². The van der Waals surface area contributed by atoms with Gasteiger partial charge in [-0.05, 0) is 40.5 Å². The Morgan fingerprint density at radius 3 is 2.13 bits per heavy atom. The van der Waals surface area contributed by atoms with Gasteiger partial charge in [0.15, 0.2) is 0 Å². The lowest BCUT2D eigenvalue weighted by molar-refractivity contribution is 0.00578. The fourth-order valence-corrected chi connectivity index (χ4v) is 2.06. The van der Waals surface area contributed by atoms with E-state index in [0.29, 0.717) is 5.82 Å². The molecule has 0 aromatic rings. The van der Waals surface area contributed by atoms with Gasteiger partial charge >= 0.3 is 7.12 Å². The molecule has 1 atom stereocenters. The quantitative estimate of drug-likeness (QED) is 0.624. The minimum Gasteiger partial charge on any atom is -0.403 e. The van der Waals surface area contributed by atoms with Gasteiger partial charge in [-0.1, -0.05) is 0 Å². The van der Waals surface area contributed by atoms with Crippen molar-refractivity contribution >= 4 is 7.12 Å². The molecule has 0 amide bonds. The van der Waals surface area contributed by atoms with Crippen LogP contribution in [0.2, 0.25) is 5.82 Å². The highest BCUT2D eigenvalue weighted by molar-refractivity contribution is 6.47. The minimum absolute atomic E-state index is 0.0877. The molecule has 4 heteroatoms. The first-order chi connectivity index (χ1) is 6.92. The zero-order valence-electron chi connectivity index (χ0n) is 10.2. The summed E-state index contributed by atoms with van der Waals surface area (Å²) < 4.78 is 17.5. The summed E-state index contributed by atoms with van der Waals surface area (Å²) in [4.78, 5) is 0. The second-order valence-electron chi connectivity index (χ2n) is 5.60. The Morgan fingerprint density at radius 1 is 1.07 bits per heavy atom. The molecular formula is C11H21BO3. The van der Waals surface area contributed by atoms with Crippen molar-refractivity contribution in [2.24, 2.45) is 0 Å². The third-order valence-electron chi connectivity index (χ3n) is 3.85. The minimum atomic E-state index is -0.213. The molecule has 2 fully saturated rings. The highest BCUT2D eigenvalue weighted by Gasteiger charge is 2.53. The maximum atomic E-state index is 6.00. The zero-order chi connectivity index (χ0) is 11.1. The molecule has 0 aliphatic carbocycles. The summed E-state index contributed by atoms with van der Waals surface area (Å²) >= 11 is 0. The average molecular weight is 212 g/mol. The molecule has 2 heterocycles. The van der Waals surface area contributed by atoms with Gasteiger partial charge in [0.05, 0.1) is 11.2 Å². The molecule has 0 aromatic heterocycles. The summed E-state index contributed by atoms with van der Waals surface area (Å²) in [5.41, 5.74) is -0.426. The lowest BCUT2D eigenvalue weighted by atomic mass is 9.69. The van der Waals surface area contributed by atoms with Crippen LogP contribution in [0.25, 0.3) is 0 Å². The van der Waals surface area contributed by atoms with Crippen molar-refractivity contribution in [2.45, 2.75) is 57.6 Å². The molecule has 0 radical (unpaired) electrons. The third kappa shape index (κ3) is 2.08. The van der Waals surface area contributed by atoms with E-state index < -0.39 is 0 Å². The number of hydrogen-bond acceptors (Lipinski definition) is 3. The first-order valence-corrected chi connectivity index (χ1v) is 5.86. The van der Waals surface area contributed by atoms with Crippen molar-refractivity contribution in [2.75, 3.05) is 13.2 Å². The lowest BCUT2D eigenvalue weighted by Gasteiger charge is -2.32. The number of hydrogen-bond donors (Lipinski definition) is 0. The first-order valence-electron chi connectivity index (χ1n) is 5.86. The summed E-state index contributed by atoms with van der Waals surface area (Å²) in [5, 5.41) is 0. The largest absolute Gasteiger partial charge is 0.463 e. The van der Waals surface area contributed by atoms with Crippen LogP contribution in [0, 0.1) is 0 Å². The molecule has 3 nitrogen and oxygen atoms in total. The van der Waals surface area contributed by atoms with Crippen molar-refractivity contribution in [1.82, 2.24) is 0 Å². The maximum absolute atomic E-state index is 6.00. The third-order valence-corrected chi connectivity index (χ3v) is 3.85. The highest BCUT2D eigenvalue weighted by Crippen LogP contribution is 2.41. The van der Waals surface area contributed by atoms with E-state index in [1.807, 2.05) is 0 Å². The molecule has 2 aliphatic rings. The Kier molecular flexibility index (Phi) is 2.86. The molecule has 0 bridgehead atoms. The van der Waals surface area contributed by atoms with Crippen LogP contribution in [0.1, 0.15) is 40.5 Å². The molecule has 0 aromatic carbocycles. The predicted octanol–water partition coefficient (Wildman–Crippen LogP) is 2.26. The van der Waals surface area contributed by atoms with Gasteiger partial charge in [0.2, 0.25) is 0 Å². The monoisotopic (exact) mass is 212 g/mol. The van der Waals surface area contributed by atoms with E-state index in [1.165, 1.54) is 0 Å². The van der Waals surface area contributed by atoms with E-state index in [9.17, 15) is 0 Å². The Morgan fingerprint density at radius 2 is 1.67 bits per heavy atom. The fraction of sp³-hybridized carbons (Fsp3) is 1.00. The Hall–Kier alpha value is -0.0551. The summed E-state index contributed by atoms with van der Waals surface area (Å²) in [5.74, 6) is 0.403. The molecule has 86 valence electrons. The molecule has 15 heavy (non-hydrogen) atoms. The van der Waals surface area contributed by atoms with E-state index >= 15 is 0 Å². The second kappa shape index (κ2) is 3.76. The summed E-state index contributed by atoms with van der Waals surface area (Å²) in [7, 11) is -0.0877. The number of ether oxygens (including phenoxy) is 1. The van der Waals surface area contributed by atoms with Crippen molar-refractivity contribution in [3.05, 3.63) is 0 Å². The molecule has 0 spiro atoms. The van der Waals surface area contributed by atoms with E-state index in [-0.39, 0.29) is 18.3 Å². The van der Waals surface area contributed by atoms with E-state index in [2.05, 4.69) is 27.7 Å². The summed E-state index contributed by atoms with van der Waals surface area (Å²) in [6, 6.07) is 0. The van der Waals surface area contributed by atoms with E-state index in [1.54, 1.807) is 0 Å². The molecular weight excluding hydrogens is 191 g/mol. The van der Waals surface area contributed by atoms with Gasteiger partial charge in [0.25, 0.3) is 0 Å². The van der Waals surface area contributed by atoms with Gasteiger partial charge in [-0.2, -0.15) is 0 Å². The molecule has 0 N–H and O–H groups in total. The average Bonchev–Trinajstić information content (AvgIpc) is 2.38. The standard InChI is InChI=1S/C11H21BO3/c1-10(2)11(3,4)15-12(14-10)9-6-5-7-13-8-9/h9H,5-8H2,1-4H3/t9-/m1/s1. The van der Waals surface area contributed by atoms with Crippen LogP contribution >= 0.6 is 0 Å². The van der Waals surface area contributed by atoms with Crippen molar-refractivity contribution < 1.29 is 14.0 Å². The Bertz CT molecular complexity index is 218. The normalized spacial score (nSPS) is 34.4. The lowest BCUT2D eigenvalue weighted by Crippen LogP contribution is -2.41. The van der Waals surface area contributed by atoms with Crippen LogP contribution in [-0.2, 0) is 14.0 Å².